The maximum absolute atomic E-state index is 6.24. The molecule has 4 aromatic rings. The van der Waals surface area contributed by atoms with Gasteiger partial charge in [0.2, 0.25) is 0 Å². The summed E-state index contributed by atoms with van der Waals surface area (Å²) < 4.78 is 18.3. The Labute approximate surface area is 204 Å². The SMILES string of the molecule is C=C(C)c1ccnc(/C=C/c2ccc(-c3nnnn3COC)cc2)c1OCc1cccc(OC)c1. The van der Waals surface area contributed by atoms with Gasteiger partial charge in [0.05, 0.1) is 7.11 Å². The van der Waals surface area contributed by atoms with Crippen molar-refractivity contribution >= 4 is 17.7 Å². The number of hydrogen-bond acceptors (Lipinski definition) is 7. The number of pyridine rings is 1. The van der Waals surface area contributed by atoms with E-state index in [1.165, 1.54) is 0 Å². The van der Waals surface area contributed by atoms with E-state index in [1.807, 2.05) is 73.7 Å². The second-order valence-electron chi connectivity index (χ2n) is 7.87. The van der Waals surface area contributed by atoms with Crippen LogP contribution in [-0.2, 0) is 18.1 Å². The van der Waals surface area contributed by atoms with Crippen LogP contribution in [0.2, 0.25) is 0 Å². The number of allylic oxidation sites excluding steroid dienone is 1. The topological polar surface area (TPSA) is 84.2 Å². The summed E-state index contributed by atoms with van der Waals surface area (Å²) in [6.07, 6.45) is 5.70. The second-order valence-corrected chi connectivity index (χ2v) is 7.87. The minimum Gasteiger partial charge on any atom is -0.497 e. The summed E-state index contributed by atoms with van der Waals surface area (Å²) in [6.45, 7) is 6.73. The highest BCUT2D eigenvalue weighted by Crippen LogP contribution is 2.30. The van der Waals surface area contributed by atoms with Crippen LogP contribution in [0, 0.1) is 0 Å². The Morgan fingerprint density at radius 2 is 1.89 bits per heavy atom. The fourth-order valence-electron chi connectivity index (χ4n) is 3.53. The number of aromatic nitrogens is 5. The smallest absolute Gasteiger partial charge is 0.184 e. The van der Waals surface area contributed by atoms with E-state index in [2.05, 4.69) is 27.1 Å². The van der Waals surface area contributed by atoms with E-state index in [-0.39, 0.29) is 6.73 Å². The third-order valence-corrected chi connectivity index (χ3v) is 5.30. The van der Waals surface area contributed by atoms with Gasteiger partial charge in [-0.2, -0.15) is 4.68 Å². The molecule has 35 heavy (non-hydrogen) atoms. The lowest BCUT2D eigenvalue weighted by Gasteiger charge is -2.14. The summed E-state index contributed by atoms with van der Waals surface area (Å²) in [5, 5.41) is 11.8. The van der Waals surface area contributed by atoms with Crippen LogP contribution in [0.25, 0.3) is 29.1 Å². The molecular weight excluding hydrogens is 442 g/mol. The molecule has 0 radical (unpaired) electrons. The van der Waals surface area contributed by atoms with Gasteiger partial charge >= 0.3 is 0 Å². The molecule has 0 saturated heterocycles. The molecule has 0 unspecified atom stereocenters. The molecule has 0 aliphatic carbocycles. The van der Waals surface area contributed by atoms with E-state index >= 15 is 0 Å². The van der Waals surface area contributed by atoms with Gasteiger partial charge < -0.3 is 14.2 Å². The van der Waals surface area contributed by atoms with Crippen molar-refractivity contribution in [3.8, 4) is 22.9 Å². The average molecular weight is 470 g/mol. The van der Waals surface area contributed by atoms with Gasteiger partial charge in [0.1, 0.15) is 24.8 Å². The van der Waals surface area contributed by atoms with Crippen LogP contribution in [0.4, 0.5) is 0 Å². The van der Waals surface area contributed by atoms with Gasteiger partial charge in [0, 0.05) is 24.4 Å². The first kappa shape index (κ1) is 23.8. The Balaban J connectivity index is 1.56. The molecule has 0 spiro atoms. The Hall–Kier alpha value is -4.30. The molecule has 178 valence electrons. The maximum atomic E-state index is 6.24. The van der Waals surface area contributed by atoms with Gasteiger partial charge in [0.25, 0.3) is 0 Å². The molecule has 4 rings (SSSR count). The van der Waals surface area contributed by atoms with Crippen LogP contribution in [0.3, 0.4) is 0 Å². The molecule has 0 aliphatic heterocycles. The summed E-state index contributed by atoms with van der Waals surface area (Å²) in [5.41, 5.74) is 5.45. The van der Waals surface area contributed by atoms with E-state index in [1.54, 1.807) is 25.1 Å². The van der Waals surface area contributed by atoms with Crippen molar-refractivity contribution in [1.82, 2.24) is 25.2 Å². The number of tetrazole rings is 1. The minimum atomic E-state index is 0.285. The van der Waals surface area contributed by atoms with E-state index in [0.717, 1.165) is 39.3 Å². The van der Waals surface area contributed by atoms with Crippen molar-refractivity contribution in [2.75, 3.05) is 14.2 Å². The number of nitrogens with zero attached hydrogens (tertiary/aromatic N) is 5. The fourth-order valence-corrected chi connectivity index (χ4v) is 3.53. The number of ether oxygens (including phenoxy) is 3. The summed E-state index contributed by atoms with van der Waals surface area (Å²) >= 11 is 0. The predicted molar refractivity (Wildman–Crippen MR) is 135 cm³/mol. The molecule has 8 heteroatoms. The van der Waals surface area contributed by atoms with Crippen molar-refractivity contribution < 1.29 is 14.2 Å². The first-order valence-electron chi connectivity index (χ1n) is 11.0. The monoisotopic (exact) mass is 469 g/mol. The molecule has 0 aliphatic rings. The molecule has 0 amide bonds. The summed E-state index contributed by atoms with van der Waals surface area (Å²) in [7, 11) is 3.25. The third kappa shape index (κ3) is 5.80. The molecule has 0 saturated carbocycles. The molecule has 0 atom stereocenters. The van der Waals surface area contributed by atoms with Crippen LogP contribution in [0.15, 0.2) is 67.4 Å². The Kier molecular flexibility index (Phi) is 7.64. The molecular formula is C27H27N5O3. The molecule has 2 aromatic heterocycles. The maximum Gasteiger partial charge on any atom is 0.184 e. The second kappa shape index (κ2) is 11.2. The minimum absolute atomic E-state index is 0.285. The summed E-state index contributed by atoms with van der Waals surface area (Å²) in [4.78, 5) is 4.55. The number of rotatable bonds is 10. The number of hydrogen-bond donors (Lipinski definition) is 0. The highest BCUT2D eigenvalue weighted by Gasteiger charge is 2.12. The number of benzene rings is 2. The molecule has 2 heterocycles. The summed E-state index contributed by atoms with van der Waals surface area (Å²) in [6, 6.07) is 17.7. The van der Waals surface area contributed by atoms with Gasteiger partial charge in [-0.25, -0.2) is 0 Å². The molecule has 0 fully saturated rings. The normalized spacial score (nSPS) is 11.1. The highest BCUT2D eigenvalue weighted by molar-refractivity contribution is 5.77. The van der Waals surface area contributed by atoms with E-state index in [9.17, 15) is 0 Å². The zero-order chi connectivity index (χ0) is 24.6. The van der Waals surface area contributed by atoms with Crippen molar-refractivity contribution in [3.05, 3.63) is 89.8 Å². The number of methoxy groups -OCH3 is 2. The lowest BCUT2D eigenvalue weighted by Crippen LogP contribution is -2.04. The largest absolute Gasteiger partial charge is 0.497 e. The zero-order valence-electron chi connectivity index (χ0n) is 20.0. The van der Waals surface area contributed by atoms with Crippen molar-refractivity contribution in [2.24, 2.45) is 0 Å². The first-order valence-corrected chi connectivity index (χ1v) is 11.0. The lowest BCUT2D eigenvalue weighted by molar-refractivity contribution is 0.120. The van der Waals surface area contributed by atoms with Crippen LogP contribution in [0.5, 0.6) is 11.5 Å². The average Bonchev–Trinajstić information content (AvgIpc) is 3.35. The van der Waals surface area contributed by atoms with E-state index in [0.29, 0.717) is 18.2 Å². The zero-order valence-corrected chi connectivity index (χ0v) is 20.0. The van der Waals surface area contributed by atoms with Gasteiger partial charge in [-0.3, -0.25) is 4.98 Å². The van der Waals surface area contributed by atoms with Gasteiger partial charge in [-0.1, -0.05) is 49.1 Å². The molecule has 0 N–H and O–H groups in total. The lowest BCUT2D eigenvalue weighted by atomic mass is 10.1. The molecule has 8 nitrogen and oxygen atoms in total. The van der Waals surface area contributed by atoms with Crippen molar-refractivity contribution in [1.29, 1.82) is 0 Å². The van der Waals surface area contributed by atoms with Gasteiger partial charge in [-0.05, 0) is 58.3 Å². The van der Waals surface area contributed by atoms with Crippen molar-refractivity contribution in [2.45, 2.75) is 20.3 Å². The Morgan fingerprint density at radius 3 is 2.63 bits per heavy atom. The highest BCUT2D eigenvalue weighted by atomic mass is 16.5. The first-order chi connectivity index (χ1) is 17.1. The standard InChI is InChI=1S/C27H27N5O3/c1-19(2)24-14-15-28-25(26(24)35-17-21-6-5-7-23(16-21)34-4)13-10-20-8-11-22(12-9-20)27-29-30-31-32(27)18-33-3/h5-16H,1,17-18H2,2-4H3/b13-10+. The van der Waals surface area contributed by atoms with Crippen LogP contribution in [0.1, 0.15) is 29.3 Å². The Morgan fingerprint density at radius 1 is 1.06 bits per heavy atom. The van der Waals surface area contributed by atoms with Gasteiger partial charge in [0.15, 0.2) is 11.6 Å². The summed E-state index contributed by atoms with van der Waals surface area (Å²) in [5.74, 6) is 2.12. The van der Waals surface area contributed by atoms with E-state index in [4.69, 9.17) is 14.2 Å². The van der Waals surface area contributed by atoms with Gasteiger partial charge in [-0.15, -0.1) is 5.10 Å². The van der Waals surface area contributed by atoms with E-state index < -0.39 is 0 Å². The molecule has 2 aromatic carbocycles. The van der Waals surface area contributed by atoms with Crippen LogP contribution in [-0.4, -0.2) is 39.4 Å². The predicted octanol–water partition coefficient (Wildman–Crippen LogP) is 5.13. The van der Waals surface area contributed by atoms with Crippen molar-refractivity contribution in [3.63, 3.8) is 0 Å². The Bertz CT molecular complexity index is 1330. The fraction of sp³-hybridized carbons (Fsp3) is 0.185. The third-order valence-electron chi connectivity index (χ3n) is 5.30. The quantitative estimate of drug-likeness (QED) is 0.318. The van der Waals surface area contributed by atoms with Crippen LogP contribution >= 0.6 is 0 Å². The van der Waals surface area contributed by atoms with Crippen LogP contribution < -0.4 is 9.47 Å². The molecule has 0 bridgehead atoms.